The molecule has 29 heavy (non-hydrogen) atoms. The molecule has 1 spiro atoms. The van der Waals surface area contributed by atoms with E-state index in [2.05, 4.69) is 31.4 Å². The van der Waals surface area contributed by atoms with Crippen molar-refractivity contribution < 1.29 is 18.8 Å². The summed E-state index contributed by atoms with van der Waals surface area (Å²) in [7, 11) is 0. The molecule has 6 nitrogen and oxygen atoms in total. The van der Waals surface area contributed by atoms with Crippen molar-refractivity contribution in [2.75, 3.05) is 13.1 Å². The second kappa shape index (κ2) is 8.13. The van der Waals surface area contributed by atoms with Crippen molar-refractivity contribution in [3.8, 4) is 0 Å². The monoisotopic (exact) mass is 403 g/mol. The molecular formula is C22H30FN3O3. The van der Waals surface area contributed by atoms with Crippen LogP contribution in [0.1, 0.15) is 52.0 Å². The molecule has 0 bridgehead atoms. The summed E-state index contributed by atoms with van der Waals surface area (Å²) in [5, 5.41) is 5.51. The smallest absolute Gasteiger partial charge is 0.325 e. The minimum Gasteiger partial charge on any atom is -0.354 e. The first-order valence-electron chi connectivity index (χ1n) is 10.3. The molecule has 1 aliphatic carbocycles. The van der Waals surface area contributed by atoms with Crippen molar-refractivity contribution in [1.82, 2.24) is 15.5 Å². The van der Waals surface area contributed by atoms with Gasteiger partial charge in [-0.05, 0) is 55.1 Å². The summed E-state index contributed by atoms with van der Waals surface area (Å²) in [6.45, 7) is 6.52. The lowest BCUT2D eigenvalue weighted by molar-refractivity contribution is -0.136. The number of hydrogen-bond acceptors (Lipinski definition) is 3. The number of amides is 4. The summed E-state index contributed by atoms with van der Waals surface area (Å²) in [6.07, 6.45) is 3.29. The molecule has 158 valence electrons. The molecule has 0 radical (unpaired) electrons. The normalized spacial score (nSPS) is 24.7. The Labute approximate surface area is 171 Å². The van der Waals surface area contributed by atoms with Crippen LogP contribution < -0.4 is 10.6 Å². The van der Waals surface area contributed by atoms with E-state index < -0.39 is 17.5 Å². The molecule has 1 aromatic rings. The number of nitrogens with one attached hydrogen (secondary N) is 2. The molecule has 2 fully saturated rings. The average Bonchev–Trinajstić information content (AvgIpc) is 2.87. The highest BCUT2D eigenvalue weighted by Crippen LogP contribution is 2.43. The van der Waals surface area contributed by atoms with Gasteiger partial charge in [-0.15, -0.1) is 0 Å². The lowest BCUT2D eigenvalue weighted by atomic mass is 9.67. The summed E-state index contributed by atoms with van der Waals surface area (Å²) >= 11 is 0. The van der Waals surface area contributed by atoms with Crippen molar-refractivity contribution in [3.05, 3.63) is 35.6 Å². The van der Waals surface area contributed by atoms with Gasteiger partial charge < -0.3 is 10.6 Å². The summed E-state index contributed by atoms with van der Waals surface area (Å²) in [6, 6.07) is 5.88. The maximum absolute atomic E-state index is 13.6. The Morgan fingerprint density at radius 2 is 1.90 bits per heavy atom. The number of carbonyl (C=O) groups excluding carboxylic acids is 3. The molecule has 3 rings (SSSR count). The van der Waals surface area contributed by atoms with Gasteiger partial charge >= 0.3 is 6.03 Å². The van der Waals surface area contributed by atoms with Gasteiger partial charge in [-0.1, -0.05) is 39.0 Å². The Bertz CT molecular complexity index is 795. The van der Waals surface area contributed by atoms with E-state index in [-0.39, 0.29) is 30.2 Å². The van der Waals surface area contributed by atoms with Crippen LogP contribution in [-0.2, 0) is 16.0 Å². The maximum atomic E-state index is 13.6. The molecule has 0 unspecified atom stereocenters. The van der Waals surface area contributed by atoms with Crippen molar-refractivity contribution in [2.45, 2.75) is 58.4 Å². The lowest BCUT2D eigenvalue weighted by Crippen LogP contribution is -2.51. The van der Waals surface area contributed by atoms with E-state index in [1.54, 1.807) is 18.2 Å². The number of rotatable bonds is 5. The Kier molecular flexibility index (Phi) is 5.96. The fraction of sp³-hybridized carbons (Fsp3) is 0.591. The van der Waals surface area contributed by atoms with E-state index in [1.807, 2.05) is 0 Å². The Morgan fingerprint density at radius 3 is 2.52 bits per heavy atom. The van der Waals surface area contributed by atoms with Crippen LogP contribution in [0.3, 0.4) is 0 Å². The predicted octanol–water partition coefficient (Wildman–Crippen LogP) is 3.01. The molecule has 1 saturated heterocycles. The van der Waals surface area contributed by atoms with E-state index in [4.69, 9.17) is 0 Å². The van der Waals surface area contributed by atoms with Crippen molar-refractivity contribution in [1.29, 1.82) is 0 Å². The highest BCUT2D eigenvalue weighted by molar-refractivity contribution is 6.09. The van der Waals surface area contributed by atoms with Gasteiger partial charge in [-0.25, -0.2) is 9.18 Å². The van der Waals surface area contributed by atoms with E-state index >= 15 is 0 Å². The Balaban J connectivity index is 1.52. The number of benzene rings is 1. The second-order valence-electron chi connectivity index (χ2n) is 9.24. The topological polar surface area (TPSA) is 78.5 Å². The zero-order valence-corrected chi connectivity index (χ0v) is 17.4. The average molecular weight is 403 g/mol. The van der Waals surface area contributed by atoms with Crippen molar-refractivity contribution in [2.24, 2.45) is 11.3 Å². The Hall–Kier alpha value is -2.44. The molecule has 1 aromatic carbocycles. The molecule has 0 aromatic heterocycles. The van der Waals surface area contributed by atoms with Crippen LogP contribution in [0.2, 0.25) is 0 Å². The van der Waals surface area contributed by atoms with E-state index in [1.165, 1.54) is 6.07 Å². The first kappa shape index (κ1) is 21.3. The van der Waals surface area contributed by atoms with Crippen LogP contribution in [0.15, 0.2) is 24.3 Å². The molecular weight excluding hydrogens is 373 g/mol. The minimum atomic E-state index is -0.869. The van der Waals surface area contributed by atoms with Gasteiger partial charge in [-0.3, -0.25) is 14.5 Å². The van der Waals surface area contributed by atoms with Gasteiger partial charge in [0, 0.05) is 6.54 Å². The van der Waals surface area contributed by atoms with Crippen LogP contribution in [0.5, 0.6) is 0 Å². The largest absolute Gasteiger partial charge is 0.354 e. The van der Waals surface area contributed by atoms with Crippen LogP contribution in [0.25, 0.3) is 0 Å². The Morgan fingerprint density at radius 1 is 1.24 bits per heavy atom. The number of imide groups is 1. The van der Waals surface area contributed by atoms with Gasteiger partial charge in [0.15, 0.2) is 0 Å². The van der Waals surface area contributed by atoms with E-state index in [9.17, 15) is 18.8 Å². The van der Waals surface area contributed by atoms with Gasteiger partial charge in [0.1, 0.15) is 17.9 Å². The van der Waals surface area contributed by atoms with Crippen LogP contribution in [0, 0.1) is 17.2 Å². The SMILES string of the molecule is CC(C)(C)C1CCC2(CC1)NC(=O)N(CC(=O)NCCc1ccccc1F)C2=O. The number of hydrogen-bond donors (Lipinski definition) is 2. The van der Waals surface area contributed by atoms with Gasteiger partial charge in [0.05, 0.1) is 0 Å². The predicted molar refractivity (Wildman–Crippen MR) is 108 cm³/mol. The third kappa shape index (κ3) is 4.60. The second-order valence-corrected chi connectivity index (χ2v) is 9.24. The number of nitrogens with zero attached hydrogens (tertiary/aromatic N) is 1. The minimum absolute atomic E-state index is 0.172. The van der Waals surface area contributed by atoms with Crippen LogP contribution in [-0.4, -0.2) is 41.4 Å². The number of halogens is 1. The molecule has 1 aliphatic heterocycles. The molecule has 7 heteroatoms. The molecule has 2 N–H and O–H groups in total. The standard InChI is InChI=1S/C22H30FN3O3/c1-21(2,3)16-8-11-22(12-9-16)19(28)26(20(29)25-22)14-18(27)24-13-10-15-6-4-5-7-17(15)23/h4-7,16H,8-14H2,1-3H3,(H,24,27)(H,25,29). The van der Waals surface area contributed by atoms with Gasteiger partial charge in [-0.2, -0.15) is 0 Å². The van der Waals surface area contributed by atoms with E-state index in [0.29, 0.717) is 30.7 Å². The third-order valence-electron chi connectivity index (χ3n) is 6.29. The summed E-state index contributed by atoms with van der Waals surface area (Å²) in [4.78, 5) is 38.6. The van der Waals surface area contributed by atoms with Gasteiger partial charge in [0.25, 0.3) is 5.91 Å². The van der Waals surface area contributed by atoms with E-state index in [0.717, 1.165) is 17.7 Å². The highest BCUT2D eigenvalue weighted by Gasteiger charge is 2.53. The maximum Gasteiger partial charge on any atom is 0.325 e. The molecule has 1 saturated carbocycles. The molecule has 0 atom stereocenters. The zero-order chi connectivity index (χ0) is 21.2. The summed E-state index contributed by atoms with van der Waals surface area (Å²) < 4.78 is 13.6. The first-order chi connectivity index (χ1) is 13.6. The fourth-order valence-electron chi connectivity index (χ4n) is 4.37. The van der Waals surface area contributed by atoms with Crippen molar-refractivity contribution >= 4 is 17.8 Å². The van der Waals surface area contributed by atoms with Crippen LogP contribution in [0.4, 0.5) is 9.18 Å². The molecule has 2 aliphatic rings. The third-order valence-corrected chi connectivity index (χ3v) is 6.29. The van der Waals surface area contributed by atoms with Gasteiger partial charge in [0.2, 0.25) is 5.91 Å². The first-order valence-corrected chi connectivity index (χ1v) is 10.3. The quantitative estimate of drug-likeness (QED) is 0.742. The van der Waals surface area contributed by atoms with Crippen molar-refractivity contribution in [3.63, 3.8) is 0 Å². The fourth-order valence-corrected chi connectivity index (χ4v) is 4.37. The highest BCUT2D eigenvalue weighted by atomic mass is 19.1. The lowest BCUT2D eigenvalue weighted by Gasteiger charge is -2.40. The number of carbonyl (C=O) groups is 3. The summed E-state index contributed by atoms with van der Waals surface area (Å²) in [5.74, 6) is -0.540. The van der Waals surface area contributed by atoms with Crippen LogP contribution >= 0.6 is 0 Å². The molecule has 4 amide bonds. The zero-order valence-electron chi connectivity index (χ0n) is 17.4. The number of urea groups is 1. The summed E-state index contributed by atoms with van der Waals surface area (Å²) in [5.41, 5.74) is -0.186. The molecule has 1 heterocycles.